The zero-order valence-corrected chi connectivity index (χ0v) is 13.0. The van der Waals surface area contributed by atoms with Gasteiger partial charge in [-0.2, -0.15) is 0 Å². The second-order valence-electron chi connectivity index (χ2n) is 5.95. The Morgan fingerprint density at radius 3 is 2.11 bits per heavy atom. The lowest BCUT2D eigenvalue weighted by Crippen LogP contribution is -2.51. The molecule has 0 heterocycles. The largest absolute Gasteiger partial charge is 0.480 e. The molecule has 0 saturated carbocycles. The van der Waals surface area contributed by atoms with E-state index in [4.69, 9.17) is 5.11 Å². The fourth-order valence-corrected chi connectivity index (χ4v) is 1.90. The number of carboxylic acid groups (broad SMARTS) is 1. The summed E-state index contributed by atoms with van der Waals surface area (Å²) in [5, 5.41) is 11.8. The molecule has 0 aliphatic rings. The van der Waals surface area contributed by atoms with Crippen molar-refractivity contribution >= 4 is 11.9 Å². The Morgan fingerprint density at radius 1 is 1.26 bits per heavy atom. The van der Waals surface area contributed by atoms with Crippen molar-refractivity contribution in [1.29, 1.82) is 0 Å². The molecule has 112 valence electrons. The molecule has 19 heavy (non-hydrogen) atoms. The van der Waals surface area contributed by atoms with E-state index in [1.807, 2.05) is 46.4 Å². The first-order chi connectivity index (χ1) is 8.63. The summed E-state index contributed by atoms with van der Waals surface area (Å²) in [7, 11) is 0. The van der Waals surface area contributed by atoms with Crippen LogP contribution in [0, 0.1) is 5.92 Å². The third-order valence-electron chi connectivity index (χ3n) is 3.46. The van der Waals surface area contributed by atoms with Crippen LogP contribution in [0.15, 0.2) is 0 Å². The number of likely N-dealkylation sites (N-methyl/N-ethyl adjacent to an activating group) is 1. The minimum Gasteiger partial charge on any atom is -0.480 e. The van der Waals surface area contributed by atoms with Gasteiger partial charge < -0.3 is 10.4 Å². The molecule has 0 radical (unpaired) electrons. The van der Waals surface area contributed by atoms with Crippen LogP contribution in [-0.2, 0) is 9.59 Å². The predicted octanol–water partition coefficient (Wildman–Crippen LogP) is 1.72. The number of nitrogens with zero attached hydrogens (tertiary/aromatic N) is 1. The SMILES string of the molecule is CCC(C)C(NC(=O)CN(CC)C(C)(C)C)C(=O)O. The van der Waals surface area contributed by atoms with E-state index in [2.05, 4.69) is 5.32 Å². The van der Waals surface area contributed by atoms with E-state index in [-0.39, 0.29) is 23.9 Å². The van der Waals surface area contributed by atoms with Gasteiger partial charge in [0.2, 0.25) is 5.91 Å². The monoisotopic (exact) mass is 272 g/mol. The number of carbonyl (C=O) groups excluding carboxylic acids is 1. The molecule has 1 amide bonds. The molecule has 0 aliphatic heterocycles. The summed E-state index contributed by atoms with van der Waals surface area (Å²) in [5.74, 6) is -1.28. The smallest absolute Gasteiger partial charge is 0.326 e. The van der Waals surface area contributed by atoms with Crippen LogP contribution in [0.4, 0.5) is 0 Å². The van der Waals surface area contributed by atoms with Gasteiger partial charge in [-0.15, -0.1) is 0 Å². The van der Waals surface area contributed by atoms with E-state index < -0.39 is 12.0 Å². The van der Waals surface area contributed by atoms with Gasteiger partial charge in [-0.3, -0.25) is 9.69 Å². The topological polar surface area (TPSA) is 69.6 Å². The quantitative estimate of drug-likeness (QED) is 0.740. The third-order valence-corrected chi connectivity index (χ3v) is 3.46. The molecule has 0 fully saturated rings. The van der Waals surface area contributed by atoms with Crippen LogP contribution in [0.2, 0.25) is 0 Å². The molecule has 0 aliphatic carbocycles. The van der Waals surface area contributed by atoms with Crippen molar-refractivity contribution in [2.45, 2.75) is 59.5 Å². The molecule has 2 unspecified atom stereocenters. The highest BCUT2D eigenvalue weighted by Crippen LogP contribution is 2.12. The number of nitrogens with one attached hydrogen (secondary N) is 1. The zero-order valence-electron chi connectivity index (χ0n) is 13.0. The average molecular weight is 272 g/mol. The van der Waals surface area contributed by atoms with Gasteiger partial charge in [-0.1, -0.05) is 27.2 Å². The van der Waals surface area contributed by atoms with Crippen LogP contribution in [-0.4, -0.2) is 46.6 Å². The Kier molecular flexibility index (Phi) is 7.05. The molecule has 0 saturated heterocycles. The first kappa shape index (κ1) is 17.9. The van der Waals surface area contributed by atoms with E-state index in [1.54, 1.807) is 0 Å². The Bertz CT molecular complexity index is 310. The second kappa shape index (κ2) is 7.48. The summed E-state index contributed by atoms with van der Waals surface area (Å²) in [6.07, 6.45) is 0.716. The molecule has 0 rings (SSSR count). The number of carbonyl (C=O) groups is 2. The molecule has 0 aromatic rings. The number of amides is 1. The van der Waals surface area contributed by atoms with Crippen LogP contribution in [0.3, 0.4) is 0 Å². The van der Waals surface area contributed by atoms with E-state index in [9.17, 15) is 9.59 Å². The minimum atomic E-state index is -0.971. The first-order valence-corrected chi connectivity index (χ1v) is 6.90. The minimum absolute atomic E-state index is 0.0776. The third kappa shape index (κ3) is 6.05. The van der Waals surface area contributed by atoms with E-state index in [0.29, 0.717) is 6.42 Å². The summed E-state index contributed by atoms with van der Waals surface area (Å²) in [6, 6.07) is -0.809. The lowest BCUT2D eigenvalue weighted by Gasteiger charge is -2.34. The summed E-state index contributed by atoms with van der Waals surface area (Å²) in [5.41, 5.74) is -0.110. The fourth-order valence-electron chi connectivity index (χ4n) is 1.90. The normalized spacial score (nSPS) is 15.1. The van der Waals surface area contributed by atoms with Crippen LogP contribution >= 0.6 is 0 Å². The van der Waals surface area contributed by atoms with Gasteiger partial charge in [0.05, 0.1) is 6.54 Å². The molecule has 2 atom stereocenters. The van der Waals surface area contributed by atoms with E-state index in [1.165, 1.54) is 0 Å². The molecule has 0 aromatic carbocycles. The molecule has 5 heteroatoms. The zero-order chi connectivity index (χ0) is 15.2. The van der Waals surface area contributed by atoms with Crippen LogP contribution < -0.4 is 5.32 Å². The molecule has 5 nitrogen and oxygen atoms in total. The first-order valence-electron chi connectivity index (χ1n) is 6.90. The van der Waals surface area contributed by atoms with Crippen molar-refractivity contribution in [2.75, 3.05) is 13.1 Å². The maximum absolute atomic E-state index is 12.0. The molecular weight excluding hydrogens is 244 g/mol. The molecule has 0 aromatic heterocycles. The molecule has 2 N–H and O–H groups in total. The van der Waals surface area contributed by atoms with Crippen molar-refractivity contribution in [3.8, 4) is 0 Å². The van der Waals surface area contributed by atoms with Crippen LogP contribution in [0.1, 0.15) is 48.0 Å². The number of aliphatic carboxylic acids is 1. The fraction of sp³-hybridized carbons (Fsp3) is 0.857. The molecule has 0 spiro atoms. The predicted molar refractivity (Wildman–Crippen MR) is 76.0 cm³/mol. The van der Waals surface area contributed by atoms with Crippen molar-refractivity contribution in [3.63, 3.8) is 0 Å². The van der Waals surface area contributed by atoms with Gasteiger partial charge in [0, 0.05) is 5.54 Å². The number of carboxylic acids is 1. The number of hydrogen-bond donors (Lipinski definition) is 2. The Labute approximate surface area is 116 Å². The van der Waals surface area contributed by atoms with Gasteiger partial charge in [0.1, 0.15) is 6.04 Å². The summed E-state index contributed by atoms with van der Waals surface area (Å²) in [6.45, 7) is 12.8. The highest BCUT2D eigenvalue weighted by molar-refractivity contribution is 5.84. The lowest BCUT2D eigenvalue weighted by atomic mass is 9.99. The second-order valence-corrected chi connectivity index (χ2v) is 5.95. The summed E-state index contributed by atoms with van der Waals surface area (Å²) >= 11 is 0. The van der Waals surface area contributed by atoms with Gasteiger partial charge in [-0.05, 0) is 33.2 Å². The highest BCUT2D eigenvalue weighted by atomic mass is 16.4. The average Bonchev–Trinajstić information content (AvgIpc) is 2.30. The molecular formula is C14H28N2O3. The van der Waals surface area contributed by atoms with Gasteiger partial charge >= 0.3 is 5.97 Å². The Morgan fingerprint density at radius 2 is 1.79 bits per heavy atom. The van der Waals surface area contributed by atoms with Gasteiger partial charge in [-0.25, -0.2) is 4.79 Å². The number of hydrogen-bond acceptors (Lipinski definition) is 3. The Hall–Kier alpha value is -1.10. The van der Waals surface area contributed by atoms with Gasteiger partial charge in [0.15, 0.2) is 0 Å². The summed E-state index contributed by atoms with van der Waals surface area (Å²) in [4.78, 5) is 25.1. The Balaban J connectivity index is 4.62. The van der Waals surface area contributed by atoms with Crippen molar-refractivity contribution in [2.24, 2.45) is 5.92 Å². The van der Waals surface area contributed by atoms with Crippen molar-refractivity contribution in [3.05, 3.63) is 0 Å². The standard InChI is InChI=1S/C14H28N2O3/c1-7-10(3)12(13(18)19)15-11(17)9-16(8-2)14(4,5)6/h10,12H,7-9H2,1-6H3,(H,15,17)(H,18,19). The lowest BCUT2D eigenvalue weighted by molar-refractivity contribution is -0.143. The maximum Gasteiger partial charge on any atom is 0.326 e. The van der Waals surface area contributed by atoms with Gasteiger partial charge in [0.25, 0.3) is 0 Å². The van der Waals surface area contributed by atoms with Crippen LogP contribution in [0.5, 0.6) is 0 Å². The van der Waals surface area contributed by atoms with Crippen LogP contribution in [0.25, 0.3) is 0 Å². The summed E-state index contributed by atoms with van der Waals surface area (Å²) < 4.78 is 0. The van der Waals surface area contributed by atoms with E-state index in [0.717, 1.165) is 6.54 Å². The molecule has 0 bridgehead atoms. The number of rotatable bonds is 7. The van der Waals surface area contributed by atoms with E-state index >= 15 is 0 Å². The van der Waals surface area contributed by atoms with Crippen molar-refractivity contribution in [1.82, 2.24) is 10.2 Å². The van der Waals surface area contributed by atoms with Crippen molar-refractivity contribution < 1.29 is 14.7 Å². The highest BCUT2D eigenvalue weighted by Gasteiger charge is 2.27. The maximum atomic E-state index is 12.0.